The monoisotopic (exact) mass is 429 g/mol. The van der Waals surface area contributed by atoms with Crippen molar-refractivity contribution < 1.29 is 4.74 Å². The molecule has 0 aliphatic rings. The highest BCUT2D eigenvalue weighted by atomic mass is 35.5. The highest BCUT2D eigenvalue weighted by Crippen LogP contribution is 2.33. The molecule has 4 aromatic rings. The molecule has 0 bridgehead atoms. The molecule has 2 N–H and O–H groups in total. The molecule has 0 spiro atoms. The molecule has 4 nitrogen and oxygen atoms in total. The predicted molar refractivity (Wildman–Crippen MR) is 128 cm³/mol. The topological polar surface area (TPSA) is 53.1 Å². The zero-order valence-electron chi connectivity index (χ0n) is 17.4. The number of halogens is 1. The number of unbranched alkanes of at least 4 members (excludes halogenated alkanes) is 1. The first-order chi connectivity index (χ1) is 15.2. The quantitative estimate of drug-likeness (QED) is 0.313. The summed E-state index contributed by atoms with van der Waals surface area (Å²) in [6.07, 6.45) is 1.74. The first-order valence-electron chi connectivity index (χ1n) is 10.2. The van der Waals surface area contributed by atoms with Gasteiger partial charge in [0.2, 0.25) is 0 Å². The van der Waals surface area contributed by atoms with Crippen LogP contribution in [0.2, 0.25) is 5.02 Å². The van der Waals surface area contributed by atoms with Crippen molar-refractivity contribution in [1.29, 1.82) is 0 Å². The molecule has 0 atom stereocenters. The SMILES string of the molecule is COCCCC#Cc1ccc2cc(-c3ccccc3Cl)n(Cc3cccc(N)n3)c2c1. The Labute approximate surface area is 187 Å². The molecular weight excluding hydrogens is 406 g/mol. The standard InChI is InChI=1S/C26H24ClN3O/c1-31-15-6-2-3-8-19-13-14-20-17-25(22-10-4-5-11-23(22)27)30(24(20)16-19)18-21-9-7-12-26(28)29-21/h4-5,7,9-14,16-17H,2,6,15,18H2,1H3,(H2,28,29). The maximum atomic E-state index is 6.55. The second-order valence-corrected chi connectivity index (χ2v) is 7.73. The zero-order valence-corrected chi connectivity index (χ0v) is 18.2. The molecule has 4 rings (SSSR count). The van der Waals surface area contributed by atoms with Crippen molar-refractivity contribution in [2.45, 2.75) is 19.4 Å². The number of benzene rings is 2. The van der Waals surface area contributed by atoms with E-state index >= 15 is 0 Å². The number of aromatic nitrogens is 2. The van der Waals surface area contributed by atoms with Gasteiger partial charge in [-0.05, 0) is 42.8 Å². The smallest absolute Gasteiger partial charge is 0.123 e. The Morgan fingerprint density at radius 3 is 2.74 bits per heavy atom. The summed E-state index contributed by atoms with van der Waals surface area (Å²) < 4.78 is 7.32. The summed E-state index contributed by atoms with van der Waals surface area (Å²) >= 11 is 6.55. The van der Waals surface area contributed by atoms with Crippen molar-refractivity contribution in [3.8, 4) is 23.1 Å². The summed E-state index contributed by atoms with van der Waals surface area (Å²) in [4.78, 5) is 4.50. The van der Waals surface area contributed by atoms with E-state index in [4.69, 9.17) is 22.1 Å². The summed E-state index contributed by atoms with van der Waals surface area (Å²) in [7, 11) is 1.71. The van der Waals surface area contributed by atoms with Gasteiger partial charge in [-0.25, -0.2) is 4.98 Å². The maximum Gasteiger partial charge on any atom is 0.123 e. The fraction of sp³-hybridized carbons (Fsp3) is 0.192. The molecule has 5 heteroatoms. The lowest BCUT2D eigenvalue weighted by Crippen LogP contribution is -2.05. The molecule has 2 heterocycles. The van der Waals surface area contributed by atoms with Crippen LogP contribution in [0, 0.1) is 11.8 Å². The van der Waals surface area contributed by atoms with Crippen LogP contribution in [0.3, 0.4) is 0 Å². The highest BCUT2D eigenvalue weighted by molar-refractivity contribution is 6.33. The maximum absolute atomic E-state index is 6.55. The second kappa shape index (κ2) is 9.70. The number of nitrogen functional groups attached to an aromatic ring is 1. The molecule has 0 aliphatic carbocycles. The van der Waals surface area contributed by atoms with Crippen LogP contribution in [-0.4, -0.2) is 23.3 Å². The van der Waals surface area contributed by atoms with Gasteiger partial charge in [-0.1, -0.05) is 53.8 Å². The number of ether oxygens (including phenoxy) is 1. The van der Waals surface area contributed by atoms with Crippen LogP contribution >= 0.6 is 11.6 Å². The fourth-order valence-electron chi connectivity index (χ4n) is 3.61. The third-order valence-electron chi connectivity index (χ3n) is 5.09. The van der Waals surface area contributed by atoms with E-state index in [1.807, 2.05) is 36.4 Å². The van der Waals surface area contributed by atoms with Crippen LogP contribution in [0.5, 0.6) is 0 Å². The van der Waals surface area contributed by atoms with Crippen LogP contribution in [0.15, 0.2) is 66.7 Å². The number of hydrogen-bond acceptors (Lipinski definition) is 3. The fourth-order valence-corrected chi connectivity index (χ4v) is 3.84. The summed E-state index contributed by atoms with van der Waals surface area (Å²) in [5.74, 6) is 7.02. The average Bonchev–Trinajstić information content (AvgIpc) is 3.11. The van der Waals surface area contributed by atoms with E-state index in [1.54, 1.807) is 13.2 Å². The van der Waals surface area contributed by atoms with E-state index in [-0.39, 0.29) is 0 Å². The molecule has 31 heavy (non-hydrogen) atoms. The van der Waals surface area contributed by atoms with Gasteiger partial charge in [0, 0.05) is 41.7 Å². The number of hydrogen-bond donors (Lipinski definition) is 1. The van der Waals surface area contributed by atoms with Crippen LogP contribution in [0.25, 0.3) is 22.2 Å². The first-order valence-corrected chi connectivity index (χ1v) is 10.6. The largest absolute Gasteiger partial charge is 0.385 e. The van der Waals surface area contributed by atoms with Crippen molar-refractivity contribution in [3.05, 3.63) is 83.0 Å². The molecule has 0 fully saturated rings. The van der Waals surface area contributed by atoms with Crippen molar-refractivity contribution in [2.24, 2.45) is 0 Å². The predicted octanol–water partition coefficient (Wildman–Crippen LogP) is 5.77. The summed E-state index contributed by atoms with van der Waals surface area (Å²) in [6, 6.07) is 22.1. The summed E-state index contributed by atoms with van der Waals surface area (Å²) in [5, 5.41) is 1.84. The van der Waals surface area contributed by atoms with Gasteiger partial charge in [0.1, 0.15) is 5.82 Å². The van der Waals surface area contributed by atoms with Crippen molar-refractivity contribution in [2.75, 3.05) is 19.5 Å². The Hall–Kier alpha value is -3.26. The van der Waals surface area contributed by atoms with Crippen molar-refractivity contribution in [1.82, 2.24) is 9.55 Å². The van der Waals surface area contributed by atoms with Crippen molar-refractivity contribution in [3.63, 3.8) is 0 Å². The summed E-state index contributed by atoms with van der Waals surface area (Å²) in [6.45, 7) is 1.31. The van der Waals surface area contributed by atoms with E-state index in [0.29, 0.717) is 17.4 Å². The third-order valence-corrected chi connectivity index (χ3v) is 5.42. The van der Waals surface area contributed by atoms with Crippen LogP contribution in [0.4, 0.5) is 5.82 Å². The van der Waals surface area contributed by atoms with Crippen LogP contribution < -0.4 is 5.73 Å². The van der Waals surface area contributed by atoms with E-state index < -0.39 is 0 Å². The first kappa shape index (κ1) is 21.0. The number of pyridine rings is 1. The average molecular weight is 430 g/mol. The Morgan fingerprint density at radius 2 is 1.94 bits per heavy atom. The molecular formula is C26H24ClN3O. The number of anilines is 1. The Bertz CT molecular complexity index is 1270. The van der Waals surface area contributed by atoms with Gasteiger partial charge >= 0.3 is 0 Å². The van der Waals surface area contributed by atoms with E-state index in [9.17, 15) is 0 Å². The number of fused-ring (bicyclic) bond motifs is 1. The molecule has 0 radical (unpaired) electrons. The van der Waals surface area contributed by atoms with Gasteiger partial charge < -0.3 is 15.0 Å². The highest BCUT2D eigenvalue weighted by Gasteiger charge is 2.14. The lowest BCUT2D eigenvalue weighted by Gasteiger charge is -2.12. The molecule has 0 amide bonds. The molecule has 0 aliphatic heterocycles. The van der Waals surface area contributed by atoms with Gasteiger partial charge in [-0.15, -0.1) is 0 Å². The van der Waals surface area contributed by atoms with E-state index in [0.717, 1.165) is 52.9 Å². The molecule has 156 valence electrons. The van der Waals surface area contributed by atoms with Gasteiger partial charge in [0.15, 0.2) is 0 Å². The minimum absolute atomic E-state index is 0.510. The van der Waals surface area contributed by atoms with E-state index in [1.165, 1.54) is 0 Å². The van der Waals surface area contributed by atoms with Crippen LogP contribution in [-0.2, 0) is 11.3 Å². The molecule has 0 saturated heterocycles. The Kier molecular flexibility index (Phi) is 6.57. The molecule has 2 aromatic carbocycles. The van der Waals surface area contributed by atoms with Gasteiger partial charge in [0.25, 0.3) is 0 Å². The molecule has 2 aromatic heterocycles. The van der Waals surface area contributed by atoms with Gasteiger partial charge in [-0.2, -0.15) is 0 Å². The lowest BCUT2D eigenvalue weighted by molar-refractivity contribution is 0.196. The minimum atomic E-state index is 0.510. The molecule has 0 unspecified atom stereocenters. The number of rotatable bonds is 6. The normalized spacial score (nSPS) is 10.8. The Balaban J connectivity index is 1.79. The summed E-state index contributed by atoms with van der Waals surface area (Å²) in [5.41, 5.74) is 10.9. The van der Waals surface area contributed by atoms with E-state index in [2.05, 4.69) is 45.7 Å². The third kappa shape index (κ3) is 4.91. The van der Waals surface area contributed by atoms with Gasteiger partial charge in [-0.3, -0.25) is 0 Å². The Morgan fingerprint density at radius 1 is 1.06 bits per heavy atom. The minimum Gasteiger partial charge on any atom is -0.385 e. The zero-order chi connectivity index (χ0) is 21.6. The lowest BCUT2D eigenvalue weighted by atomic mass is 10.1. The van der Waals surface area contributed by atoms with Crippen molar-refractivity contribution >= 4 is 28.3 Å². The molecule has 0 saturated carbocycles. The van der Waals surface area contributed by atoms with Crippen LogP contribution in [0.1, 0.15) is 24.1 Å². The van der Waals surface area contributed by atoms with Gasteiger partial charge in [0.05, 0.1) is 23.4 Å². The second-order valence-electron chi connectivity index (χ2n) is 7.32. The number of nitrogens with zero attached hydrogens (tertiary/aromatic N) is 2. The number of nitrogens with two attached hydrogens (primary N) is 1. The number of methoxy groups -OCH3 is 1.